The number of benzene rings is 1. The number of nitrogens with zero attached hydrogens (tertiary/aromatic N) is 1. The van der Waals surface area contributed by atoms with E-state index >= 15 is 0 Å². The standard InChI is InChI=1S/C21H29N5O2/c1-4-16-18(7-12(2)3)25-26-20(16)19-8-13-5-6-14(9-17(13)24-19)21(28)23-15(10-22)11-27/h5-6,8-9,12,15,24,27H,4,7,10-11,22H2,1-3H3,(H,23,28)(H,25,26). The smallest absolute Gasteiger partial charge is 0.251 e. The maximum absolute atomic E-state index is 12.4. The maximum Gasteiger partial charge on any atom is 0.251 e. The number of carbonyl (C=O) groups is 1. The molecule has 1 aromatic carbocycles. The molecule has 2 heterocycles. The van der Waals surface area contributed by atoms with Crippen LogP contribution in [0.15, 0.2) is 24.3 Å². The normalized spacial score (nSPS) is 12.6. The van der Waals surface area contributed by atoms with E-state index in [1.54, 1.807) is 6.07 Å². The van der Waals surface area contributed by atoms with Crippen molar-refractivity contribution in [2.24, 2.45) is 11.7 Å². The summed E-state index contributed by atoms with van der Waals surface area (Å²) >= 11 is 0. The van der Waals surface area contributed by atoms with E-state index in [0.717, 1.165) is 35.1 Å². The molecule has 1 unspecified atom stereocenters. The quantitative estimate of drug-likeness (QED) is 0.410. The van der Waals surface area contributed by atoms with E-state index in [9.17, 15) is 9.90 Å². The van der Waals surface area contributed by atoms with Crippen molar-refractivity contribution in [3.05, 3.63) is 41.1 Å². The summed E-state index contributed by atoms with van der Waals surface area (Å²) in [6.07, 6.45) is 1.87. The van der Waals surface area contributed by atoms with Gasteiger partial charge in [-0.05, 0) is 37.0 Å². The van der Waals surface area contributed by atoms with E-state index in [1.807, 2.05) is 12.1 Å². The first kappa shape index (κ1) is 20.1. The van der Waals surface area contributed by atoms with E-state index in [-0.39, 0.29) is 19.1 Å². The van der Waals surface area contributed by atoms with E-state index in [1.165, 1.54) is 11.3 Å². The number of rotatable bonds is 8. The zero-order valence-electron chi connectivity index (χ0n) is 16.7. The van der Waals surface area contributed by atoms with Crippen LogP contribution in [0.2, 0.25) is 0 Å². The molecule has 1 amide bonds. The lowest BCUT2D eigenvalue weighted by Gasteiger charge is -2.13. The fraction of sp³-hybridized carbons (Fsp3) is 0.429. The minimum absolute atomic E-state index is 0.186. The number of hydrogen-bond acceptors (Lipinski definition) is 4. The van der Waals surface area contributed by atoms with Crippen LogP contribution in [0.5, 0.6) is 0 Å². The van der Waals surface area contributed by atoms with Crippen molar-refractivity contribution in [1.29, 1.82) is 0 Å². The Hall–Kier alpha value is -2.64. The van der Waals surface area contributed by atoms with E-state index in [2.05, 4.69) is 47.3 Å². The van der Waals surface area contributed by atoms with Gasteiger partial charge in [-0.25, -0.2) is 0 Å². The monoisotopic (exact) mass is 383 g/mol. The first-order valence-electron chi connectivity index (χ1n) is 9.77. The molecule has 0 saturated carbocycles. The summed E-state index contributed by atoms with van der Waals surface area (Å²) in [6.45, 7) is 6.53. The predicted molar refractivity (Wildman–Crippen MR) is 111 cm³/mol. The lowest BCUT2D eigenvalue weighted by molar-refractivity contribution is 0.0919. The highest BCUT2D eigenvalue weighted by Gasteiger charge is 2.17. The molecule has 0 aliphatic rings. The molecule has 7 nitrogen and oxygen atoms in total. The molecule has 3 aromatic rings. The van der Waals surface area contributed by atoms with Gasteiger partial charge in [0.05, 0.1) is 18.3 Å². The van der Waals surface area contributed by atoms with Crippen LogP contribution in [0.3, 0.4) is 0 Å². The van der Waals surface area contributed by atoms with Crippen LogP contribution in [0.1, 0.15) is 42.4 Å². The third kappa shape index (κ3) is 4.10. The number of fused-ring (bicyclic) bond motifs is 1. The lowest BCUT2D eigenvalue weighted by Crippen LogP contribution is -2.42. The summed E-state index contributed by atoms with van der Waals surface area (Å²) in [4.78, 5) is 15.8. The van der Waals surface area contributed by atoms with Gasteiger partial charge in [0.15, 0.2) is 0 Å². The van der Waals surface area contributed by atoms with Crippen LogP contribution in [0.25, 0.3) is 22.3 Å². The number of aromatic nitrogens is 3. The molecular formula is C21H29N5O2. The average molecular weight is 383 g/mol. The summed E-state index contributed by atoms with van der Waals surface area (Å²) in [5.41, 5.74) is 11.2. The first-order chi connectivity index (χ1) is 13.5. The highest BCUT2D eigenvalue weighted by atomic mass is 16.3. The molecule has 0 saturated heterocycles. The molecule has 0 radical (unpaired) electrons. The summed E-state index contributed by atoms with van der Waals surface area (Å²) in [5.74, 6) is 0.300. The molecule has 0 bridgehead atoms. The number of aromatic amines is 2. The molecule has 28 heavy (non-hydrogen) atoms. The third-order valence-corrected chi connectivity index (χ3v) is 4.90. The molecule has 1 atom stereocenters. The summed E-state index contributed by atoms with van der Waals surface area (Å²) < 4.78 is 0. The zero-order valence-corrected chi connectivity index (χ0v) is 16.7. The van der Waals surface area contributed by atoms with Gasteiger partial charge in [-0.1, -0.05) is 26.8 Å². The van der Waals surface area contributed by atoms with Crippen LogP contribution >= 0.6 is 0 Å². The van der Waals surface area contributed by atoms with Gasteiger partial charge in [-0.2, -0.15) is 5.10 Å². The Labute approximate surface area is 164 Å². The first-order valence-corrected chi connectivity index (χ1v) is 9.77. The molecule has 0 aliphatic heterocycles. The molecule has 150 valence electrons. The van der Waals surface area contributed by atoms with Crippen molar-refractivity contribution >= 4 is 16.8 Å². The Morgan fingerprint density at radius 3 is 2.75 bits per heavy atom. The highest BCUT2D eigenvalue weighted by molar-refractivity contribution is 5.99. The second-order valence-electron chi connectivity index (χ2n) is 7.55. The number of nitrogens with two attached hydrogens (primary N) is 1. The van der Waals surface area contributed by atoms with Crippen LogP contribution in [-0.2, 0) is 12.8 Å². The summed E-state index contributed by atoms with van der Waals surface area (Å²) in [7, 11) is 0. The molecule has 0 fully saturated rings. The fourth-order valence-electron chi connectivity index (χ4n) is 3.43. The number of aliphatic hydroxyl groups is 1. The molecule has 3 rings (SSSR count). The Balaban J connectivity index is 1.91. The Kier molecular flexibility index (Phi) is 6.16. The highest BCUT2D eigenvalue weighted by Crippen LogP contribution is 2.28. The number of hydrogen-bond donors (Lipinski definition) is 5. The van der Waals surface area contributed by atoms with Gasteiger partial charge in [0, 0.05) is 34.3 Å². The minimum Gasteiger partial charge on any atom is -0.394 e. The van der Waals surface area contributed by atoms with Gasteiger partial charge >= 0.3 is 0 Å². The molecule has 0 spiro atoms. The van der Waals surface area contributed by atoms with Crippen molar-refractivity contribution < 1.29 is 9.90 Å². The number of nitrogens with one attached hydrogen (secondary N) is 3. The van der Waals surface area contributed by atoms with E-state index < -0.39 is 6.04 Å². The minimum atomic E-state index is -0.446. The molecule has 7 heteroatoms. The van der Waals surface area contributed by atoms with E-state index in [4.69, 9.17) is 5.73 Å². The van der Waals surface area contributed by atoms with Crippen LogP contribution < -0.4 is 11.1 Å². The third-order valence-electron chi connectivity index (χ3n) is 4.90. The van der Waals surface area contributed by atoms with Gasteiger partial charge in [0.25, 0.3) is 5.91 Å². The van der Waals surface area contributed by atoms with Crippen molar-refractivity contribution in [2.45, 2.75) is 39.7 Å². The molecule has 2 aromatic heterocycles. The second-order valence-corrected chi connectivity index (χ2v) is 7.55. The summed E-state index contributed by atoms with van der Waals surface area (Å²) in [5, 5.41) is 20.7. The molecular weight excluding hydrogens is 354 g/mol. The van der Waals surface area contributed by atoms with Gasteiger partial charge < -0.3 is 21.1 Å². The topological polar surface area (TPSA) is 120 Å². The Morgan fingerprint density at radius 1 is 1.32 bits per heavy atom. The van der Waals surface area contributed by atoms with Gasteiger partial charge in [-0.3, -0.25) is 9.89 Å². The Bertz CT molecular complexity index is 953. The average Bonchev–Trinajstić information content (AvgIpc) is 3.27. The largest absolute Gasteiger partial charge is 0.394 e. The van der Waals surface area contributed by atoms with Gasteiger partial charge in [-0.15, -0.1) is 0 Å². The number of H-pyrrole nitrogens is 2. The number of aliphatic hydroxyl groups excluding tert-OH is 1. The van der Waals surface area contributed by atoms with Crippen LogP contribution in [0, 0.1) is 5.92 Å². The van der Waals surface area contributed by atoms with Gasteiger partial charge in [0.2, 0.25) is 0 Å². The van der Waals surface area contributed by atoms with Crippen molar-refractivity contribution in [3.63, 3.8) is 0 Å². The molecule has 6 N–H and O–H groups in total. The zero-order chi connectivity index (χ0) is 20.3. The second kappa shape index (κ2) is 8.58. The summed E-state index contributed by atoms with van der Waals surface area (Å²) in [6, 6.07) is 7.11. The lowest BCUT2D eigenvalue weighted by atomic mass is 10.0. The predicted octanol–water partition coefficient (Wildman–Crippen LogP) is 2.37. The van der Waals surface area contributed by atoms with Gasteiger partial charge in [0.1, 0.15) is 5.69 Å². The maximum atomic E-state index is 12.4. The fourth-order valence-corrected chi connectivity index (χ4v) is 3.43. The number of carbonyl (C=O) groups excluding carboxylic acids is 1. The Morgan fingerprint density at radius 2 is 2.11 bits per heavy atom. The van der Waals surface area contributed by atoms with Crippen molar-refractivity contribution in [1.82, 2.24) is 20.5 Å². The number of amides is 1. The van der Waals surface area contributed by atoms with E-state index in [0.29, 0.717) is 11.5 Å². The van der Waals surface area contributed by atoms with Crippen molar-refractivity contribution in [3.8, 4) is 11.4 Å². The molecule has 0 aliphatic carbocycles. The van der Waals surface area contributed by atoms with Crippen molar-refractivity contribution in [2.75, 3.05) is 13.2 Å². The SMILES string of the molecule is CCc1c(-c2cc3ccc(C(=O)NC(CN)CO)cc3[nH]2)n[nH]c1CC(C)C. The van der Waals surface area contributed by atoms with Crippen LogP contribution in [0.4, 0.5) is 0 Å². The van der Waals surface area contributed by atoms with Crippen LogP contribution in [-0.4, -0.2) is 45.4 Å².